The molecule has 0 aromatic carbocycles. The van der Waals surface area contributed by atoms with Crippen LogP contribution < -0.4 is 5.56 Å². The van der Waals surface area contributed by atoms with E-state index in [-0.39, 0.29) is 22.3 Å². The van der Waals surface area contributed by atoms with Gasteiger partial charge in [-0.05, 0) is 42.6 Å². The standard InChI is InChI=1S/C18H26N2O2/c1-5-13-6-12(7-15(21)19-13)16(22)20-11-18(4)9-14(20)8-17(2,3)10-18/h6-7,14H,5,8-11H2,1-4H3,(H,19,21)/t14-,18-/m1/s1. The van der Waals surface area contributed by atoms with Crippen molar-refractivity contribution in [2.24, 2.45) is 10.8 Å². The fourth-order valence-corrected chi connectivity index (χ4v) is 4.78. The Morgan fingerprint density at radius 1 is 1.32 bits per heavy atom. The first-order chi connectivity index (χ1) is 10.2. The molecule has 1 aliphatic carbocycles. The summed E-state index contributed by atoms with van der Waals surface area (Å²) < 4.78 is 0. The lowest BCUT2D eigenvalue weighted by molar-refractivity contribution is 0.0708. The summed E-state index contributed by atoms with van der Waals surface area (Å²) >= 11 is 0. The van der Waals surface area contributed by atoms with Crippen LogP contribution in [0.2, 0.25) is 0 Å². The van der Waals surface area contributed by atoms with Crippen molar-refractivity contribution in [2.45, 2.75) is 59.4 Å². The van der Waals surface area contributed by atoms with Crippen LogP contribution in [-0.4, -0.2) is 28.4 Å². The van der Waals surface area contributed by atoms with Crippen molar-refractivity contribution >= 4 is 5.91 Å². The Bertz CT molecular complexity index is 661. The number of aryl methyl sites for hydroxylation is 1. The Kier molecular flexibility index (Phi) is 3.46. The smallest absolute Gasteiger partial charge is 0.254 e. The Hall–Kier alpha value is -1.58. The van der Waals surface area contributed by atoms with Gasteiger partial charge in [0.05, 0.1) is 0 Å². The number of hydrogen-bond donors (Lipinski definition) is 1. The van der Waals surface area contributed by atoms with Crippen LogP contribution in [0.5, 0.6) is 0 Å². The molecule has 2 heterocycles. The second-order valence-electron chi connectivity index (χ2n) is 8.26. The Balaban J connectivity index is 1.91. The Morgan fingerprint density at radius 3 is 2.73 bits per heavy atom. The number of nitrogens with zero attached hydrogens (tertiary/aromatic N) is 1. The van der Waals surface area contributed by atoms with Gasteiger partial charge >= 0.3 is 0 Å². The molecular formula is C18H26N2O2. The number of rotatable bonds is 2. The van der Waals surface area contributed by atoms with Gasteiger partial charge in [-0.15, -0.1) is 0 Å². The van der Waals surface area contributed by atoms with E-state index in [1.165, 1.54) is 6.07 Å². The quantitative estimate of drug-likeness (QED) is 0.913. The molecule has 2 fully saturated rings. The van der Waals surface area contributed by atoms with Gasteiger partial charge in [0.1, 0.15) is 0 Å². The normalized spacial score (nSPS) is 29.6. The minimum atomic E-state index is -0.184. The predicted molar refractivity (Wildman–Crippen MR) is 87.0 cm³/mol. The maximum atomic E-state index is 12.9. The molecule has 3 rings (SSSR count). The molecule has 4 nitrogen and oxygen atoms in total. The number of nitrogens with one attached hydrogen (secondary N) is 1. The van der Waals surface area contributed by atoms with Crippen LogP contribution in [0, 0.1) is 10.8 Å². The number of pyridine rings is 1. The fraction of sp³-hybridized carbons (Fsp3) is 0.667. The molecule has 4 heteroatoms. The number of H-pyrrole nitrogens is 1. The zero-order valence-corrected chi connectivity index (χ0v) is 14.0. The summed E-state index contributed by atoms with van der Waals surface area (Å²) in [6.45, 7) is 9.69. The van der Waals surface area contributed by atoms with E-state index in [1.54, 1.807) is 0 Å². The monoisotopic (exact) mass is 302 g/mol. The van der Waals surface area contributed by atoms with Crippen molar-refractivity contribution in [3.05, 3.63) is 33.7 Å². The Morgan fingerprint density at radius 2 is 2.05 bits per heavy atom. The van der Waals surface area contributed by atoms with E-state index >= 15 is 0 Å². The summed E-state index contributed by atoms with van der Waals surface area (Å²) in [6, 6.07) is 3.59. The van der Waals surface area contributed by atoms with Gasteiger partial charge in [0.2, 0.25) is 5.56 Å². The summed E-state index contributed by atoms with van der Waals surface area (Å²) in [5, 5.41) is 0. The van der Waals surface area contributed by atoms with Gasteiger partial charge in [-0.25, -0.2) is 0 Å². The average Bonchev–Trinajstić information content (AvgIpc) is 2.66. The van der Waals surface area contributed by atoms with Crippen LogP contribution in [0.1, 0.15) is 63.0 Å². The third kappa shape index (κ3) is 2.71. The number of carbonyl (C=O) groups excluding carboxylic acids is 1. The first-order valence-corrected chi connectivity index (χ1v) is 8.26. The third-order valence-corrected chi connectivity index (χ3v) is 5.20. The molecule has 2 bridgehead atoms. The highest BCUT2D eigenvalue weighted by Gasteiger charge is 2.51. The average molecular weight is 302 g/mol. The molecule has 2 aliphatic rings. The van der Waals surface area contributed by atoms with Crippen LogP contribution >= 0.6 is 0 Å². The highest BCUT2D eigenvalue weighted by molar-refractivity contribution is 5.94. The third-order valence-electron chi connectivity index (χ3n) is 5.20. The molecule has 1 saturated carbocycles. The minimum Gasteiger partial charge on any atom is -0.335 e. The van der Waals surface area contributed by atoms with Gasteiger partial charge in [-0.1, -0.05) is 27.7 Å². The van der Waals surface area contributed by atoms with E-state index in [1.807, 2.05) is 17.9 Å². The molecule has 1 N–H and O–H groups in total. The van der Waals surface area contributed by atoms with Crippen LogP contribution in [0.25, 0.3) is 0 Å². The van der Waals surface area contributed by atoms with Crippen LogP contribution in [-0.2, 0) is 6.42 Å². The minimum absolute atomic E-state index is 0.0206. The van der Waals surface area contributed by atoms with Crippen molar-refractivity contribution in [1.29, 1.82) is 0 Å². The number of aromatic nitrogens is 1. The van der Waals surface area contributed by atoms with Crippen LogP contribution in [0.15, 0.2) is 16.9 Å². The zero-order valence-electron chi connectivity index (χ0n) is 14.0. The molecule has 1 saturated heterocycles. The number of fused-ring (bicyclic) bond motifs is 2. The molecule has 120 valence electrons. The second kappa shape index (κ2) is 4.97. The zero-order chi connectivity index (χ0) is 16.1. The number of hydrogen-bond acceptors (Lipinski definition) is 2. The lowest BCUT2D eigenvalue weighted by Gasteiger charge is -2.39. The summed E-state index contributed by atoms with van der Waals surface area (Å²) in [6.07, 6.45) is 4.03. The van der Waals surface area contributed by atoms with Gasteiger partial charge in [0, 0.05) is 29.9 Å². The van der Waals surface area contributed by atoms with Crippen LogP contribution in [0.4, 0.5) is 0 Å². The fourth-order valence-electron chi connectivity index (χ4n) is 4.78. The summed E-state index contributed by atoms with van der Waals surface area (Å²) in [5.41, 5.74) is 1.68. The van der Waals surface area contributed by atoms with Gasteiger partial charge in [-0.2, -0.15) is 0 Å². The molecule has 0 radical (unpaired) electrons. The van der Waals surface area contributed by atoms with Crippen molar-refractivity contribution < 1.29 is 4.79 Å². The Labute approximate surface area is 131 Å². The highest BCUT2D eigenvalue weighted by atomic mass is 16.2. The molecule has 22 heavy (non-hydrogen) atoms. The summed E-state index contributed by atoms with van der Waals surface area (Å²) in [4.78, 5) is 29.5. The lowest BCUT2D eigenvalue weighted by atomic mass is 9.65. The van der Waals surface area contributed by atoms with Crippen molar-refractivity contribution in [2.75, 3.05) is 6.54 Å². The number of likely N-dealkylation sites (tertiary alicyclic amines) is 1. The van der Waals surface area contributed by atoms with Gasteiger partial charge in [-0.3, -0.25) is 9.59 Å². The van der Waals surface area contributed by atoms with Crippen molar-refractivity contribution in [1.82, 2.24) is 9.88 Å². The first-order valence-electron chi connectivity index (χ1n) is 8.26. The topological polar surface area (TPSA) is 53.2 Å². The van der Waals surface area contributed by atoms with E-state index in [4.69, 9.17) is 0 Å². The van der Waals surface area contributed by atoms with Gasteiger partial charge in [0.15, 0.2) is 0 Å². The molecule has 1 aliphatic heterocycles. The van der Waals surface area contributed by atoms with E-state index in [2.05, 4.69) is 25.8 Å². The molecule has 1 aromatic rings. The molecule has 0 unspecified atom stereocenters. The molecular weight excluding hydrogens is 276 g/mol. The number of carbonyl (C=O) groups is 1. The SMILES string of the molecule is CCc1cc(C(=O)N2C[C@]3(C)C[C@H]2CC(C)(C)C3)cc(=O)[nH]1. The summed E-state index contributed by atoms with van der Waals surface area (Å²) in [7, 11) is 0. The second-order valence-corrected chi connectivity index (χ2v) is 8.26. The lowest BCUT2D eigenvalue weighted by Crippen LogP contribution is -2.38. The largest absolute Gasteiger partial charge is 0.335 e. The van der Waals surface area contributed by atoms with Crippen LogP contribution in [0.3, 0.4) is 0 Å². The summed E-state index contributed by atoms with van der Waals surface area (Å²) in [5.74, 6) is 0.0206. The maximum absolute atomic E-state index is 12.9. The predicted octanol–water partition coefficient (Wildman–Crippen LogP) is 2.98. The van der Waals surface area contributed by atoms with E-state index in [0.717, 1.165) is 37.9 Å². The number of aromatic amines is 1. The number of amides is 1. The maximum Gasteiger partial charge on any atom is 0.254 e. The van der Waals surface area contributed by atoms with Gasteiger partial charge < -0.3 is 9.88 Å². The molecule has 1 aromatic heterocycles. The molecule has 0 spiro atoms. The molecule has 2 atom stereocenters. The highest BCUT2D eigenvalue weighted by Crippen LogP contribution is 2.52. The molecule has 1 amide bonds. The van der Waals surface area contributed by atoms with Crippen molar-refractivity contribution in [3.63, 3.8) is 0 Å². The van der Waals surface area contributed by atoms with Gasteiger partial charge in [0.25, 0.3) is 5.91 Å². The van der Waals surface area contributed by atoms with E-state index in [0.29, 0.717) is 11.6 Å². The van der Waals surface area contributed by atoms with Crippen molar-refractivity contribution in [3.8, 4) is 0 Å². The van der Waals surface area contributed by atoms with E-state index < -0.39 is 0 Å². The van der Waals surface area contributed by atoms with E-state index in [9.17, 15) is 9.59 Å². The first kappa shape index (κ1) is 15.3.